The van der Waals surface area contributed by atoms with Gasteiger partial charge in [0.15, 0.2) is 0 Å². The maximum atomic E-state index is 4.08. The molecule has 1 aliphatic heterocycles. The summed E-state index contributed by atoms with van der Waals surface area (Å²) in [6.45, 7) is 5.23. The van der Waals surface area contributed by atoms with Gasteiger partial charge in [0.1, 0.15) is 12.7 Å². The maximum absolute atomic E-state index is 4.08. The van der Waals surface area contributed by atoms with Gasteiger partial charge in [0.2, 0.25) is 5.95 Å². The normalized spacial score (nSPS) is 18.2. The summed E-state index contributed by atoms with van der Waals surface area (Å²) >= 11 is 0. The average Bonchev–Trinajstić information content (AvgIpc) is 2.96. The molecule has 1 aliphatic rings. The van der Waals surface area contributed by atoms with Gasteiger partial charge in [0.05, 0.1) is 0 Å². The molecule has 1 N–H and O–H groups in total. The quantitative estimate of drug-likeness (QED) is 0.921. The summed E-state index contributed by atoms with van der Waals surface area (Å²) < 4.78 is 0. The number of anilines is 2. The highest BCUT2D eigenvalue weighted by Gasteiger charge is 2.22. The van der Waals surface area contributed by atoms with Crippen molar-refractivity contribution in [3.8, 4) is 0 Å². The topological polar surface area (TPSA) is 53.9 Å². The van der Waals surface area contributed by atoms with Gasteiger partial charge in [-0.25, -0.2) is 15.0 Å². The molecule has 5 heteroatoms. The second-order valence-corrected chi connectivity index (χ2v) is 5.28. The van der Waals surface area contributed by atoms with Crippen molar-refractivity contribution in [2.45, 2.75) is 13.3 Å². The van der Waals surface area contributed by atoms with Crippen LogP contribution in [0, 0.1) is 12.8 Å². The minimum absolute atomic E-state index is 0.632. The Kier molecular flexibility index (Phi) is 3.76. The monoisotopic (exact) mass is 269 g/mol. The molecule has 1 aromatic heterocycles. The summed E-state index contributed by atoms with van der Waals surface area (Å²) in [5, 5.41) is 3.28. The number of benzene rings is 1. The highest BCUT2D eigenvalue weighted by atomic mass is 15.2. The lowest BCUT2D eigenvalue weighted by Crippen LogP contribution is -2.22. The summed E-state index contributed by atoms with van der Waals surface area (Å²) in [5.41, 5.74) is 2.62. The van der Waals surface area contributed by atoms with Crippen molar-refractivity contribution in [3.63, 3.8) is 0 Å². The molecule has 3 rings (SSSR count). The molecule has 1 atom stereocenters. The van der Waals surface area contributed by atoms with E-state index in [1.165, 1.54) is 30.3 Å². The molecule has 0 unspecified atom stereocenters. The van der Waals surface area contributed by atoms with E-state index < -0.39 is 0 Å². The number of hydrogen-bond donors (Lipinski definition) is 1. The van der Waals surface area contributed by atoms with Gasteiger partial charge in [-0.3, -0.25) is 0 Å². The molecule has 0 aliphatic carbocycles. The molecule has 20 heavy (non-hydrogen) atoms. The molecular formula is C15H19N5. The van der Waals surface area contributed by atoms with Crippen LogP contribution in [0.5, 0.6) is 0 Å². The first kappa shape index (κ1) is 12.8. The Morgan fingerprint density at radius 2 is 1.95 bits per heavy atom. The van der Waals surface area contributed by atoms with Gasteiger partial charge in [-0.15, -0.1) is 0 Å². The highest BCUT2D eigenvalue weighted by Crippen LogP contribution is 2.24. The molecular weight excluding hydrogens is 250 g/mol. The van der Waals surface area contributed by atoms with Crippen LogP contribution < -0.4 is 10.2 Å². The minimum atomic E-state index is 0.632. The molecule has 0 saturated carbocycles. The van der Waals surface area contributed by atoms with Crippen LogP contribution in [0.4, 0.5) is 11.6 Å². The zero-order chi connectivity index (χ0) is 13.8. The van der Waals surface area contributed by atoms with E-state index in [1.54, 1.807) is 0 Å². The van der Waals surface area contributed by atoms with E-state index in [1.807, 2.05) is 0 Å². The highest BCUT2D eigenvalue weighted by molar-refractivity contribution is 5.48. The van der Waals surface area contributed by atoms with Crippen LogP contribution in [-0.2, 0) is 0 Å². The fraction of sp³-hybridized carbons (Fsp3) is 0.400. The number of rotatable bonds is 4. The smallest absolute Gasteiger partial charge is 0.225 e. The van der Waals surface area contributed by atoms with Gasteiger partial charge in [0, 0.05) is 25.3 Å². The molecule has 5 nitrogen and oxygen atoms in total. The van der Waals surface area contributed by atoms with Gasteiger partial charge in [-0.05, 0) is 31.4 Å². The SMILES string of the molecule is Cc1ccc(N2CC[C@H](CNc3ncncn3)C2)cc1. The lowest BCUT2D eigenvalue weighted by molar-refractivity contribution is 0.619. The van der Waals surface area contributed by atoms with Gasteiger partial charge < -0.3 is 10.2 Å². The number of aromatic nitrogens is 3. The van der Waals surface area contributed by atoms with Crippen LogP contribution >= 0.6 is 0 Å². The summed E-state index contributed by atoms with van der Waals surface area (Å²) in [5.74, 6) is 1.29. The average molecular weight is 269 g/mol. The number of nitrogens with one attached hydrogen (secondary N) is 1. The zero-order valence-electron chi connectivity index (χ0n) is 11.7. The van der Waals surface area contributed by atoms with E-state index in [4.69, 9.17) is 0 Å². The summed E-state index contributed by atoms with van der Waals surface area (Å²) in [7, 11) is 0. The molecule has 1 saturated heterocycles. The Morgan fingerprint density at radius 3 is 2.70 bits per heavy atom. The van der Waals surface area contributed by atoms with Crippen LogP contribution in [0.15, 0.2) is 36.9 Å². The molecule has 0 radical (unpaired) electrons. The van der Waals surface area contributed by atoms with Crippen molar-refractivity contribution in [2.75, 3.05) is 29.9 Å². The van der Waals surface area contributed by atoms with Gasteiger partial charge in [-0.1, -0.05) is 17.7 Å². The third-order valence-electron chi connectivity index (χ3n) is 3.73. The van der Waals surface area contributed by atoms with Crippen molar-refractivity contribution in [2.24, 2.45) is 5.92 Å². The predicted octanol–water partition coefficient (Wildman–Crippen LogP) is 2.12. The Labute approximate surface area is 119 Å². The summed E-state index contributed by atoms with van der Waals surface area (Å²) in [6.07, 6.45) is 4.23. The van der Waals surface area contributed by atoms with Crippen molar-refractivity contribution >= 4 is 11.6 Å². The largest absolute Gasteiger partial charge is 0.371 e. The fourth-order valence-electron chi connectivity index (χ4n) is 2.56. The second-order valence-electron chi connectivity index (χ2n) is 5.28. The Bertz CT molecular complexity index is 540. The van der Waals surface area contributed by atoms with Gasteiger partial charge in [0.25, 0.3) is 0 Å². The van der Waals surface area contributed by atoms with Gasteiger partial charge in [-0.2, -0.15) is 0 Å². The van der Waals surface area contributed by atoms with Crippen molar-refractivity contribution in [1.82, 2.24) is 15.0 Å². The Morgan fingerprint density at radius 1 is 1.20 bits per heavy atom. The van der Waals surface area contributed by atoms with Crippen molar-refractivity contribution < 1.29 is 0 Å². The van der Waals surface area contributed by atoms with E-state index in [9.17, 15) is 0 Å². The predicted molar refractivity (Wildman–Crippen MR) is 79.8 cm³/mol. The Hall–Kier alpha value is -2.17. The summed E-state index contributed by atoms with van der Waals surface area (Å²) in [6, 6.07) is 8.76. The molecule has 0 amide bonds. The van der Waals surface area contributed by atoms with E-state index in [0.717, 1.165) is 19.6 Å². The van der Waals surface area contributed by atoms with Crippen molar-refractivity contribution in [1.29, 1.82) is 0 Å². The van der Waals surface area contributed by atoms with Crippen LogP contribution in [0.2, 0.25) is 0 Å². The number of nitrogens with zero attached hydrogens (tertiary/aromatic N) is 4. The van der Waals surface area contributed by atoms with E-state index in [2.05, 4.69) is 56.4 Å². The van der Waals surface area contributed by atoms with Crippen LogP contribution in [0.1, 0.15) is 12.0 Å². The van der Waals surface area contributed by atoms with Crippen LogP contribution in [0.3, 0.4) is 0 Å². The number of hydrogen-bond acceptors (Lipinski definition) is 5. The first-order chi connectivity index (χ1) is 9.81. The molecule has 0 spiro atoms. The molecule has 2 aromatic rings. The molecule has 1 fully saturated rings. The third kappa shape index (κ3) is 3.04. The van der Waals surface area contributed by atoms with E-state index in [-0.39, 0.29) is 0 Å². The summed E-state index contributed by atoms with van der Waals surface area (Å²) in [4.78, 5) is 14.4. The fourth-order valence-corrected chi connectivity index (χ4v) is 2.56. The van der Waals surface area contributed by atoms with E-state index >= 15 is 0 Å². The third-order valence-corrected chi connectivity index (χ3v) is 3.73. The first-order valence-corrected chi connectivity index (χ1v) is 6.99. The van der Waals surface area contributed by atoms with E-state index in [0.29, 0.717) is 11.9 Å². The van der Waals surface area contributed by atoms with Crippen LogP contribution in [0.25, 0.3) is 0 Å². The molecule has 104 valence electrons. The number of aryl methyl sites for hydroxylation is 1. The van der Waals surface area contributed by atoms with Crippen molar-refractivity contribution in [3.05, 3.63) is 42.5 Å². The van der Waals surface area contributed by atoms with Crippen LogP contribution in [-0.4, -0.2) is 34.6 Å². The molecule has 1 aromatic carbocycles. The second kappa shape index (κ2) is 5.86. The van der Waals surface area contributed by atoms with Gasteiger partial charge >= 0.3 is 0 Å². The molecule has 0 bridgehead atoms. The lowest BCUT2D eigenvalue weighted by atomic mass is 10.1. The maximum Gasteiger partial charge on any atom is 0.225 e. The Balaban J connectivity index is 1.53. The molecule has 2 heterocycles. The zero-order valence-corrected chi connectivity index (χ0v) is 11.7. The minimum Gasteiger partial charge on any atom is -0.371 e. The standard InChI is InChI=1S/C15H19N5/c1-12-2-4-14(5-3-12)20-7-6-13(9-20)8-17-15-18-10-16-11-19-15/h2-5,10-11,13H,6-9H2,1H3,(H,16,17,18,19)/t13-/m1/s1. The first-order valence-electron chi connectivity index (χ1n) is 6.99. The lowest BCUT2D eigenvalue weighted by Gasteiger charge is -2.19.